The molecule has 2 N–H and O–H groups in total. The van der Waals surface area contributed by atoms with E-state index in [0.717, 1.165) is 41.5 Å². The first-order valence-corrected chi connectivity index (χ1v) is 5.63. The fourth-order valence-electron chi connectivity index (χ4n) is 2.35. The SMILES string of the molecule is c1cc2c(cc1-c1[nH]nc3c1CCN3)OCO2. The Hall–Kier alpha value is -2.17. The van der Waals surface area contributed by atoms with Gasteiger partial charge >= 0.3 is 0 Å². The van der Waals surface area contributed by atoms with E-state index in [-0.39, 0.29) is 0 Å². The van der Waals surface area contributed by atoms with Gasteiger partial charge < -0.3 is 14.8 Å². The molecule has 0 bridgehead atoms. The van der Waals surface area contributed by atoms with Crippen LogP contribution in [0.25, 0.3) is 11.3 Å². The summed E-state index contributed by atoms with van der Waals surface area (Å²) < 4.78 is 10.7. The average molecular weight is 229 g/mol. The minimum absolute atomic E-state index is 0.307. The fraction of sp³-hybridized carbons (Fsp3) is 0.250. The smallest absolute Gasteiger partial charge is 0.231 e. The zero-order valence-corrected chi connectivity index (χ0v) is 9.12. The number of hydrogen-bond donors (Lipinski definition) is 2. The Morgan fingerprint density at radius 2 is 2.12 bits per heavy atom. The lowest BCUT2D eigenvalue weighted by Crippen LogP contribution is -1.94. The van der Waals surface area contributed by atoms with E-state index in [1.165, 1.54) is 5.56 Å². The van der Waals surface area contributed by atoms with Crippen LogP contribution in [0.3, 0.4) is 0 Å². The Morgan fingerprint density at radius 1 is 1.18 bits per heavy atom. The first kappa shape index (κ1) is 8.92. The fourth-order valence-corrected chi connectivity index (χ4v) is 2.35. The van der Waals surface area contributed by atoms with Crippen molar-refractivity contribution in [3.8, 4) is 22.8 Å². The molecule has 86 valence electrons. The average Bonchev–Trinajstić information content (AvgIpc) is 3.03. The standard InChI is InChI=1S/C12H11N3O2/c1-2-9-10(17-6-16-9)5-7(1)11-8-3-4-13-12(8)15-14-11/h1-2,5H,3-4,6H2,(H2,13,14,15). The van der Waals surface area contributed by atoms with Crippen molar-refractivity contribution < 1.29 is 9.47 Å². The largest absolute Gasteiger partial charge is 0.454 e. The van der Waals surface area contributed by atoms with Crippen LogP contribution in [0.2, 0.25) is 0 Å². The molecule has 1 aromatic heterocycles. The van der Waals surface area contributed by atoms with E-state index in [4.69, 9.17) is 9.47 Å². The second kappa shape index (κ2) is 3.16. The van der Waals surface area contributed by atoms with Crippen molar-refractivity contribution >= 4 is 5.82 Å². The molecular weight excluding hydrogens is 218 g/mol. The maximum atomic E-state index is 5.38. The van der Waals surface area contributed by atoms with Crippen LogP contribution >= 0.6 is 0 Å². The third-order valence-electron chi connectivity index (χ3n) is 3.20. The minimum Gasteiger partial charge on any atom is -0.454 e. The predicted molar refractivity (Wildman–Crippen MR) is 62.3 cm³/mol. The van der Waals surface area contributed by atoms with E-state index in [9.17, 15) is 0 Å². The molecule has 0 fully saturated rings. The molecule has 4 rings (SSSR count). The molecule has 0 unspecified atom stereocenters. The van der Waals surface area contributed by atoms with Crippen molar-refractivity contribution in [3.05, 3.63) is 23.8 Å². The number of fused-ring (bicyclic) bond motifs is 2. The molecule has 3 heterocycles. The third kappa shape index (κ3) is 1.22. The lowest BCUT2D eigenvalue weighted by atomic mass is 10.1. The van der Waals surface area contributed by atoms with E-state index < -0.39 is 0 Å². The van der Waals surface area contributed by atoms with E-state index in [1.807, 2.05) is 18.2 Å². The van der Waals surface area contributed by atoms with Gasteiger partial charge in [0.25, 0.3) is 0 Å². The molecule has 2 aromatic rings. The maximum absolute atomic E-state index is 5.38. The van der Waals surface area contributed by atoms with Gasteiger partial charge in [-0.2, -0.15) is 5.10 Å². The maximum Gasteiger partial charge on any atom is 0.231 e. The summed E-state index contributed by atoms with van der Waals surface area (Å²) in [7, 11) is 0. The van der Waals surface area contributed by atoms with Crippen LogP contribution < -0.4 is 14.8 Å². The van der Waals surface area contributed by atoms with E-state index >= 15 is 0 Å². The van der Waals surface area contributed by atoms with Crippen molar-refractivity contribution in [3.63, 3.8) is 0 Å². The third-order valence-corrected chi connectivity index (χ3v) is 3.20. The van der Waals surface area contributed by atoms with Crippen LogP contribution in [0.1, 0.15) is 5.56 Å². The molecule has 0 atom stereocenters. The van der Waals surface area contributed by atoms with Crippen molar-refractivity contribution in [2.45, 2.75) is 6.42 Å². The van der Waals surface area contributed by atoms with Gasteiger partial charge in [0.15, 0.2) is 17.3 Å². The molecular formula is C12H11N3O2. The summed E-state index contributed by atoms with van der Waals surface area (Å²) >= 11 is 0. The first-order chi connectivity index (χ1) is 8.42. The van der Waals surface area contributed by atoms with Gasteiger partial charge in [0, 0.05) is 17.7 Å². The van der Waals surface area contributed by atoms with Gasteiger partial charge in [-0.15, -0.1) is 0 Å². The van der Waals surface area contributed by atoms with Gasteiger partial charge in [-0.1, -0.05) is 0 Å². The molecule has 5 nitrogen and oxygen atoms in total. The van der Waals surface area contributed by atoms with E-state index in [1.54, 1.807) is 0 Å². The summed E-state index contributed by atoms with van der Waals surface area (Å²) in [6.07, 6.45) is 1.01. The number of hydrogen-bond acceptors (Lipinski definition) is 4. The van der Waals surface area contributed by atoms with Crippen molar-refractivity contribution in [1.29, 1.82) is 0 Å². The number of nitrogens with zero attached hydrogens (tertiary/aromatic N) is 1. The highest BCUT2D eigenvalue weighted by Crippen LogP contribution is 2.38. The number of anilines is 1. The Labute approximate surface area is 97.7 Å². The van der Waals surface area contributed by atoms with Crippen LogP contribution in [0.5, 0.6) is 11.5 Å². The number of H-pyrrole nitrogens is 1. The number of benzene rings is 1. The molecule has 0 saturated heterocycles. The van der Waals surface area contributed by atoms with Gasteiger partial charge in [-0.05, 0) is 24.6 Å². The molecule has 0 saturated carbocycles. The number of ether oxygens (including phenoxy) is 2. The highest BCUT2D eigenvalue weighted by Gasteiger charge is 2.21. The Morgan fingerprint density at radius 3 is 3.12 bits per heavy atom. The van der Waals surface area contributed by atoms with Crippen LogP contribution in [0.15, 0.2) is 18.2 Å². The van der Waals surface area contributed by atoms with Gasteiger partial charge in [0.2, 0.25) is 6.79 Å². The molecule has 0 amide bonds. The Kier molecular flexibility index (Phi) is 1.66. The lowest BCUT2D eigenvalue weighted by Gasteiger charge is -2.02. The molecule has 5 heteroatoms. The van der Waals surface area contributed by atoms with Crippen molar-refractivity contribution in [2.75, 3.05) is 18.7 Å². The minimum atomic E-state index is 0.307. The van der Waals surface area contributed by atoms with Gasteiger partial charge in [-0.25, -0.2) is 0 Å². The topological polar surface area (TPSA) is 59.2 Å². The molecule has 2 aliphatic heterocycles. The summed E-state index contributed by atoms with van der Waals surface area (Å²) in [5.74, 6) is 2.58. The van der Waals surface area contributed by atoms with Crippen molar-refractivity contribution in [2.24, 2.45) is 0 Å². The summed E-state index contributed by atoms with van der Waals surface area (Å²) in [5.41, 5.74) is 3.42. The van der Waals surface area contributed by atoms with Crippen LogP contribution in [-0.4, -0.2) is 23.5 Å². The second-order valence-electron chi connectivity index (χ2n) is 4.17. The Bertz CT molecular complexity index is 591. The first-order valence-electron chi connectivity index (χ1n) is 5.63. The predicted octanol–water partition coefficient (Wildman–Crippen LogP) is 1.77. The van der Waals surface area contributed by atoms with Gasteiger partial charge in [0.05, 0.1) is 5.69 Å². The number of rotatable bonds is 1. The number of aromatic nitrogens is 2. The molecule has 0 radical (unpaired) electrons. The number of aromatic amines is 1. The zero-order valence-electron chi connectivity index (χ0n) is 9.12. The molecule has 2 aliphatic rings. The summed E-state index contributed by atoms with van der Waals surface area (Å²) in [4.78, 5) is 0. The molecule has 17 heavy (non-hydrogen) atoms. The molecule has 1 aromatic carbocycles. The molecule has 0 aliphatic carbocycles. The van der Waals surface area contributed by atoms with Crippen molar-refractivity contribution in [1.82, 2.24) is 10.2 Å². The van der Waals surface area contributed by atoms with Gasteiger partial charge in [-0.3, -0.25) is 5.10 Å². The zero-order chi connectivity index (χ0) is 11.2. The highest BCUT2D eigenvalue weighted by atomic mass is 16.7. The van der Waals surface area contributed by atoms with Crippen LogP contribution in [0, 0.1) is 0 Å². The Balaban J connectivity index is 1.84. The van der Waals surface area contributed by atoms with Crippen LogP contribution in [0.4, 0.5) is 5.82 Å². The monoisotopic (exact) mass is 229 g/mol. The normalized spacial score (nSPS) is 15.8. The second-order valence-corrected chi connectivity index (χ2v) is 4.17. The van der Waals surface area contributed by atoms with E-state index in [0.29, 0.717) is 6.79 Å². The molecule has 0 spiro atoms. The number of nitrogens with one attached hydrogen (secondary N) is 2. The summed E-state index contributed by atoms with van der Waals surface area (Å²) in [6.45, 7) is 1.27. The lowest BCUT2D eigenvalue weighted by molar-refractivity contribution is 0.174. The quantitative estimate of drug-likeness (QED) is 0.782. The van der Waals surface area contributed by atoms with Crippen LogP contribution in [-0.2, 0) is 6.42 Å². The van der Waals surface area contributed by atoms with Gasteiger partial charge in [0.1, 0.15) is 0 Å². The summed E-state index contributed by atoms with van der Waals surface area (Å²) in [6, 6.07) is 5.96. The summed E-state index contributed by atoms with van der Waals surface area (Å²) in [5, 5.41) is 10.6. The highest BCUT2D eigenvalue weighted by molar-refractivity contribution is 5.72. The van der Waals surface area contributed by atoms with E-state index in [2.05, 4.69) is 15.5 Å².